The molecule has 2 aliphatic heterocycles. The number of carbonyl (C=O) groups is 1. The summed E-state index contributed by atoms with van der Waals surface area (Å²) in [4.78, 5) is 14.3. The van der Waals surface area contributed by atoms with Gasteiger partial charge in [-0.15, -0.1) is 0 Å². The molecule has 4 rings (SSSR count). The van der Waals surface area contributed by atoms with Crippen molar-refractivity contribution in [2.75, 3.05) is 38.7 Å². The molecule has 0 spiro atoms. The molecule has 0 aromatic heterocycles. The minimum absolute atomic E-state index is 0.00703. The van der Waals surface area contributed by atoms with Crippen LogP contribution in [-0.2, 0) is 25.6 Å². The summed E-state index contributed by atoms with van der Waals surface area (Å²) in [5, 5.41) is 12.2. The predicted molar refractivity (Wildman–Crippen MR) is 141 cm³/mol. The number of carbonyl (C=O) groups excluding carboxylic acids is 1. The number of hydrogen-bond acceptors (Lipinski definition) is 7. The molecule has 0 aliphatic carbocycles. The Bertz CT molecular complexity index is 1010. The fourth-order valence-corrected chi connectivity index (χ4v) is 5.09. The summed E-state index contributed by atoms with van der Waals surface area (Å²) in [6, 6.07) is 15.7. The third-order valence-corrected chi connectivity index (χ3v) is 7.16. The monoisotopic (exact) mass is 510 g/mol. The standard InChI is InChI=1S/C29H38N2O6/c1-4-16-35-29(33)30-24-13-11-23(12-14-24)28-36-26(17-31-15-5-6-25(31)19-34-3)20(2)27(37-28)22-9-7-21(18-32)8-10-22/h4,7-14,20,25-28,32H,1,5-6,15-19H2,2-3H3,(H,30,33)/t20-,25+,26+,27+,28+/m1/s1. The summed E-state index contributed by atoms with van der Waals surface area (Å²) in [6.45, 7) is 8.43. The zero-order valence-electron chi connectivity index (χ0n) is 21.7. The van der Waals surface area contributed by atoms with Crippen LogP contribution in [0, 0.1) is 5.92 Å². The topological polar surface area (TPSA) is 89.5 Å². The Morgan fingerprint density at radius 1 is 1.16 bits per heavy atom. The lowest BCUT2D eigenvalue weighted by Gasteiger charge is -2.43. The third-order valence-electron chi connectivity index (χ3n) is 7.16. The normalized spacial score (nSPS) is 26.1. The summed E-state index contributed by atoms with van der Waals surface area (Å²) >= 11 is 0. The smallest absolute Gasteiger partial charge is 0.411 e. The fraction of sp³-hybridized carbons (Fsp3) is 0.483. The molecule has 1 amide bonds. The van der Waals surface area contributed by atoms with Crippen molar-refractivity contribution in [1.82, 2.24) is 4.90 Å². The maximum absolute atomic E-state index is 11.9. The van der Waals surface area contributed by atoms with Crippen molar-refractivity contribution >= 4 is 11.8 Å². The molecule has 0 saturated carbocycles. The van der Waals surface area contributed by atoms with E-state index in [1.165, 1.54) is 6.08 Å². The lowest BCUT2D eigenvalue weighted by Crippen LogP contribution is -2.46. The number of anilines is 1. The first-order valence-corrected chi connectivity index (χ1v) is 12.9. The van der Waals surface area contributed by atoms with Crippen LogP contribution in [0.3, 0.4) is 0 Å². The van der Waals surface area contributed by atoms with Gasteiger partial charge < -0.3 is 24.1 Å². The first kappa shape index (κ1) is 27.3. The number of amides is 1. The first-order valence-electron chi connectivity index (χ1n) is 12.9. The molecule has 8 heteroatoms. The van der Waals surface area contributed by atoms with E-state index in [1.54, 1.807) is 7.11 Å². The molecule has 2 aromatic carbocycles. The van der Waals surface area contributed by atoms with Crippen LogP contribution in [-0.4, -0.2) is 61.7 Å². The van der Waals surface area contributed by atoms with E-state index in [0.717, 1.165) is 49.2 Å². The van der Waals surface area contributed by atoms with Crippen molar-refractivity contribution in [2.45, 2.75) is 50.9 Å². The van der Waals surface area contributed by atoms with Crippen molar-refractivity contribution in [3.8, 4) is 0 Å². The van der Waals surface area contributed by atoms with Gasteiger partial charge in [0.1, 0.15) is 6.61 Å². The van der Waals surface area contributed by atoms with Gasteiger partial charge in [0.05, 0.1) is 25.4 Å². The first-order chi connectivity index (χ1) is 18.0. The van der Waals surface area contributed by atoms with Crippen LogP contribution in [0.2, 0.25) is 0 Å². The van der Waals surface area contributed by atoms with Gasteiger partial charge in [-0.2, -0.15) is 0 Å². The molecule has 8 nitrogen and oxygen atoms in total. The average molecular weight is 511 g/mol. The fourth-order valence-electron chi connectivity index (χ4n) is 5.09. The zero-order chi connectivity index (χ0) is 26.2. The highest BCUT2D eigenvalue weighted by Crippen LogP contribution is 2.42. The molecule has 2 N–H and O–H groups in total. The van der Waals surface area contributed by atoms with E-state index in [4.69, 9.17) is 18.9 Å². The number of hydrogen-bond donors (Lipinski definition) is 2. The molecule has 0 bridgehead atoms. The van der Waals surface area contributed by atoms with Crippen molar-refractivity contribution in [3.05, 3.63) is 77.9 Å². The Hall–Kier alpha value is -2.75. The Morgan fingerprint density at radius 2 is 1.89 bits per heavy atom. The third kappa shape index (κ3) is 6.97. The summed E-state index contributed by atoms with van der Waals surface area (Å²) in [5.41, 5.74) is 3.41. The number of ether oxygens (including phenoxy) is 4. The molecule has 2 heterocycles. The number of nitrogens with zero attached hydrogens (tertiary/aromatic N) is 1. The number of methoxy groups -OCH3 is 1. The van der Waals surface area contributed by atoms with E-state index in [9.17, 15) is 9.90 Å². The molecule has 2 aliphatic rings. The Morgan fingerprint density at radius 3 is 2.57 bits per heavy atom. The Balaban J connectivity index is 1.53. The van der Waals surface area contributed by atoms with Crippen LogP contribution in [0.25, 0.3) is 0 Å². The maximum Gasteiger partial charge on any atom is 0.411 e. The van der Waals surface area contributed by atoms with E-state index >= 15 is 0 Å². The van der Waals surface area contributed by atoms with Crippen molar-refractivity contribution in [2.24, 2.45) is 5.92 Å². The number of nitrogens with one attached hydrogen (secondary N) is 1. The largest absolute Gasteiger partial charge is 0.445 e. The number of rotatable bonds is 10. The van der Waals surface area contributed by atoms with Crippen LogP contribution < -0.4 is 5.32 Å². The number of aliphatic hydroxyl groups excluding tert-OH is 1. The Labute approximate surface area is 219 Å². The van der Waals surface area contributed by atoms with Crippen LogP contribution in [0.1, 0.15) is 48.8 Å². The minimum Gasteiger partial charge on any atom is -0.445 e. The van der Waals surface area contributed by atoms with E-state index in [-0.39, 0.29) is 31.3 Å². The highest BCUT2D eigenvalue weighted by molar-refractivity contribution is 5.84. The molecule has 2 fully saturated rings. The molecule has 2 aromatic rings. The van der Waals surface area contributed by atoms with Gasteiger partial charge in [-0.05, 0) is 42.6 Å². The molecule has 200 valence electrons. The van der Waals surface area contributed by atoms with Crippen molar-refractivity contribution in [3.63, 3.8) is 0 Å². The van der Waals surface area contributed by atoms with Gasteiger partial charge in [0, 0.05) is 36.9 Å². The van der Waals surface area contributed by atoms with Crippen LogP contribution in [0.4, 0.5) is 10.5 Å². The van der Waals surface area contributed by atoms with E-state index in [1.807, 2.05) is 48.5 Å². The summed E-state index contributed by atoms with van der Waals surface area (Å²) in [6.07, 6.45) is 2.49. The second-order valence-electron chi connectivity index (χ2n) is 9.70. The van der Waals surface area contributed by atoms with E-state index in [2.05, 4.69) is 23.7 Å². The maximum atomic E-state index is 11.9. The van der Waals surface area contributed by atoms with Gasteiger partial charge in [-0.1, -0.05) is 56.0 Å². The van der Waals surface area contributed by atoms with Crippen molar-refractivity contribution < 1.29 is 28.8 Å². The number of benzene rings is 2. The second-order valence-corrected chi connectivity index (χ2v) is 9.70. The molecule has 0 radical (unpaired) electrons. The number of aliphatic hydroxyl groups is 1. The van der Waals surface area contributed by atoms with Gasteiger partial charge in [0.2, 0.25) is 0 Å². The van der Waals surface area contributed by atoms with Gasteiger partial charge >= 0.3 is 6.09 Å². The molecular formula is C29H38N2O6. The summed E-state index contributed by atoms with van der Waals surface area (Å²) < 4.78 is 23.6. The molecule has 0 unspecified atom stereocenters. The van der Waals surface area contributed by atoms with Crippen LogP contribution in [0.15, 0.2) is 61.2 Å². The SMILES string of the molecule is C=CCOC(=O)Nc1ccc([C@H]2O[C@@H](CN3CCC[C@H]3COC)[C@@H](C)[C@@H](c3ccc(CO)cc3)O2)cc1. The van der Waals surface area contributed by atoms with Gasteiger partial charge in [-0.25, -0.2) is 4.79 Å². The average Bonchev–Trinajstić information content (AvgIpc) is 3.36. The van der Waals surface area contributed by atoms with E-state index in [0.29, 0.717) is 11.7 Å². The van der Waals surface area contributed by atoms with Gasteiger partial charge in [-0.3, -0.25) is 10.2 Å². The summed E-state index contributed by atoms with van der Waals surface area (Å²) in [7, 11) is 1.75. The quantitative estimate of drug-likeness (QED) is 0.443. The summed E-state index contributed by atoms with van der Waals surface area (Å²) in [5.74, 6) is 0.112. The van der Waals surface area contributed by atoms with Gasteiger partial charge in [0.25, 0.3) is 0 Å². The van der Waals surface area contributed by atoms with Crippen LogP contribution >= 0.6 is 0 Å². The molecular weight excluding hydrogens is 472 g/mol. The predicted octanol–water partition coefficient (Wildman–Crippen LogP) is 4.82. The molecule has 2 saturated heterocycles. The highest BCUT2D eigenvalue weighted by Gasteiger charge is 2.40. The number of likely N-dealkylation sites (tertiary alicyclic amines) is 1. The highest BCUT2D eigenvalue weighted by atomic mass is 16.7. The lowest BCUT2D eigenvalue weighted by molar-refractivity contribution is -0.276. The Kier molecular flexibility index (Phi) is 9.71. The zero-order valence-corrected chi connectivity index (χ0v) is 21.7. The van der Waals surface area contributed by atoms with Gasteiger partial charge in [0.15, 0.2) is 6.29 Å². The lowest BCUT2D eigenvalue weighted by atomic mass is 9.90. The van der Waals surface area contributed by atoms with E-state index < -0.39 is 12.4 Å². The second kappa shape index (κ2) is 13.2. The van der Waals surface area contributed by atoms with Crippen LogP contribution in [0.5, 0.6) is 0 Å². The molecule has 37 heavy (non-hydrogen) atoms. The van der Waals surface area contributed by atoms with Crippen molar-refractivity contribution in [1.29, 1.82) is 0 Å². The molecule has 5 atom stereocenters. The minimum atomic E-state index is -0.561.